The number of hydrogen-bond donors (Lipinski definition) is 2. The Labute approximate surface area is 165 Å². The summed E-state index contributed by atoms with van der Waals surface area (Å²) < 4.78 is 28.0. The Morgan fingerprint density at radius 2 is 1.68 bits per heavy atom. The number of fused-ring (bicyclic) bond motifs is 1. The van der Waals surface area contributed by atoms with E-state index in [2.05, 4.69) is 14.7 Å². The third-order valence-electron chi connectivity index (χ3n) is 4.13. The molecule has 0 aliphatic rings. The number of benzene rings is 3. The standard InChI is InChI=1S/C20H14ClN3O3S/c21-13-6-5-7-14(12-13)28(26,27)24-16-9-2-1-8-15(16)19-20(25)23-18-11-4-3-10-17(18)22-19/h1-12,24H,(H,23,25). The van der Waals surface area contributed by atoms with Crippen molar-refractivity contribution >= 4 is 38.3 Å². The maximum atomic E-state index is 12.8. The first-order chi connectivity index (χ1) is 13.4. The van der Waals surface area contributed by atoms with E-state index in [1.807, 2.05) is 6.07 Å². The van der Waals surface area contributed by atoms with Crippen molar-refractivity contribution in [3.63, 3.8) is 0 Å². The maximum absolute atomic E-state index is 12.8. The topological polar surface area (TPSA) is 91.9 Å². The van der Waals surface area contributed by atoms with E-state index in [1.54, 1.807) is 54.6 Å². The van der Waals surface area contributed by atoms with Gasteiger partial charge in [-0.3, -0.25) is 9.52 Å². The highest BCUT2D eigenvalue weighted by Gasteiger charge is 2.18. The fourth-order valence-corrected chi connectivity index (χ4v) is 4.21. The Morgan fingerprint density at radius 3 is 2.50 bits per heavy atom. The number of hydrogen-bond acceptors (Lipinski definition) is 4. The highest BCUT2D eigenvalue weighted by Crippen LogP contribution is 2.27. The fourth-order valence-electron chi connectivity index (χ4n) is 2.83. The lowest BCUT2D eigenvalue weighted by Gasteiger charge is -2.12. The quantitative estimate of drug-likeness (QED) is 0.530. The van der Waals surface area contributed by atoms with Crippen molar-refractivity contribution in [3.05, 3.63) is 88.2 Å². The molecule has 28 heavy (non-hydrogen) atoms. The molecular formula is C20H14ClN3O3S. The van der Waals surface area contributed by atoms with Crippen LogP contribution in [0, 0.1) is 0 Å². The molecular weight excluding hydrogens is 398 g/mol. The zero-order valence-corrected chi connectivity index (χ0v) is 16.0. The predicted octanol–water partition coefficient (Wildman–Crippen LogP) is 4.04. The smallest absolute Gasteiger partial charge is 0.275 e. The highest BCUT2D eigenvalue weighted by molar-refractivity contribution is 7.92. The predicted molar refractivity (Wildman–Crippen MR) is 110 cm³/mol. The number of nitrogens with one attached hydrogen (secondary N) is 2. The van der Waals surface area contributed by atoms with E-state index in [1.165, 1.54) is 12.1 Å². The van der Waals surface area contributed by atoms with Crippen molar-refractivity contribution in [2.75, 3.05) is 4.72 Å². The molecule has 6 nitrogen and oxygen atoms in total. The van der Waals surface area contributed by atoms with Gasteiger partial charge < -0.3 is 4.98 Å². The Bertz CT molecular complexity index is 1350. The molecule has 0 aliphatic carbocycles. The van der Waals surface area contributed by atoms with Gasteiger partial charge in [0.2, 0.25) is 0 Å². The summed E-state index contributed by atoms with van der Waals surface area (Å²) in [5.41, 5.74) is 1.55. The van der Waals surface area contributed by atoms with Crippen LogP contribution < -0.4 is 10.3 Å². The van der Waals surface area contributed by atoms with Crippen molar-refractivity contribution in [1.29, 1.82) is 0 Å². The van der Waals surface area contributed by atoms with Gasteiger partial charge in [-0.2, -0.15) is 0 Å². The summed E-state index contributed by atoms with van der Waals surface area (Å²) in [6.45, 7) is 0. The van der Waals surface area contributed by atoms with Gasteiger partial charge in [-0.1, -0.05) is 48.0 Å². The summed E-state index contributed by atoms with van der Waals surface area (Å²) in [7, 11) is -3.90. The number of sulfonamides is 1. The minimum Gasteiger partial charge on any atom is -0.319 e. The van der Waals surface area contributed by atoms with E-state index >= 15 is 0 Å². The number of para-hydroxylation sites is 3. The second-order valence-electron chi connectivity index (χ2n) is 6.04. The average Bonchev–Trinajstić information content (AvgIpc) is 2.68. The molecule has 0 fully saturated rings. The van der Waals surface area contributed by atoms with E-state index in [9.17, 15) is 13.2 Å². The number of aromatic amines is 1. The monoisotopic (exact) mass is 411 g/mol. The molecule has 0 bridgehead atoms. The molecule has 3 aromatic carbocycles. The summed E-state index contributed by atoms with van der Waals surface area (Å²) in [4.78, 5) is 19.8. The number of aromatic nitrogens is 2. The lowest BCUT2D eigenvalue weighted by atomic mass is 10.1. The third-order valence-corrected chi connectivity index (χ3v) is 5.73. The van der Waals surface area contributed by atoms with Gasteiger partial charge in [0.15, 0.2) is 0 Å². The summed E-state index contributed by atoms with van der Waals surface area (Å²) >= 11 is 5.91. The van der Waals surface area contributed by atoms with Gasteiger partial charge in [-0.25, -0.2) is 13.4 Å². The van der Waals surface area contributed by atoms with Crippen molar-refractivity contribution in [1.82, 2.24) is 9.97 Å². The SMILES string of the molecule is O=c1[nH]c2ccccc2nc1-c1ccccc1NS(=O)(=O)c1cccc(Cl)c1. The molecule has 0 spiro atoms. The molecule has 0 saturated carbocycles. The van der Waals surface area contributed by atoms with Gasteiger partial charge in [0, 0.05) is 10.6 Å². The van der Waals surface area contributed by atoms with E-state index in [-0.39, 0.29) is 16.3 Å². The first kappa shape index (κ1) is 18.2. The molecule has 0 saturated heterocycles. The largest absolute Gasteiger partial charge is 0.319 e. The fraction of sp³-hybridized carbons (Fsp3) is 0. The zero-order valence-electron chi connectivity index (χ0n) is 14.4. The maximum Gasteiger partial charge on any atom is 0.275 e. The summed E-state index contributed by atoms with van der Waals surface area (Å²) in [6.07, 6.45) is 0. The number of rotatable bonds is 4. The minimum atomic E-state index is -3.90. The van der Waals surface area contributed by atoms with Crippen LogP contribution in [0.15, 0.2) is 82.5 Å². The molecule has 2 N–H and O–H groups in total. The molecule has 0 amide bonds. The molecule has 0 atom stereocenters. The summed E-state index contributed by atoms with van der Waals surface area (Å²) in [5, 5.41) is 0.309. The molecule has 1 heterocycles. The molecule has 0 aliphatic heterocycles. The molecule has 8 heteroatoms. The molecule has 1 aromatic heterocycles. The normalized spacial score (nSPS) is 11.5. The van der Waals surface area contributed by atoms with Crippen LogP contribution in [0.5, 0.6) is 0 Å². The lowest BCUT2D eigenvalue weighted by Crippen LogP contribution is -2.16. The molecule has 4 rings (SSSR count). The van der Waals surface area contributed by atoms with Crippen LogP contribution in [-0.2, 0) is 10.0 Å². The molecule has 0 radical (unpaired) electrons. The second-order valence-corrected chi connectivity index (χ2v) is 8.16. The van der Waals surface area contributed by atoms with Gasteiger partial charge >= 0.3 is 0 Å². The van der Waals surface area contributed by atoms with E-state index < -0.39 is 15.6 Å². The van der Waals surface area contributed by atoms with Crippen LogP contribution in [-0.4, -0.2) is 18.4 Å². The zero-order chi connectivity index (χ0) is 19.7. The molecule has 4 aromatic rings. The van der Waals surface area contributed by atoms with Crippen LogP contribution in [0.25, 0.3) is 22.3 Å². The Kier molecular flexibility index (Phi) is 4.62. The van der Waals surface area contributed by atoms with E-state index in [0.717, 1.165) is 0 Å². The summed E-state index contributed by atoms with van der Waals surface area (Å²) in [5.74, 6) is 0. The van der Waals surface area contributed by atoms with Crippen LogP contribution in [0.4, 0.5) is 5.69 Å². The van der Waals surface area contributed by atoms with Gasteiger partial charge in [0.25, 0.3) is 15.6 Å². The van der Waals surface area contributed by atoms with Crippen LogP contribution in [0.2, 0.25) is 5.02 Å². The van der Waals surface area contributed by atoms with Crippen molar-refractivity contribution < 1.29 is 8.42 Å². The Hall–Kier alpha value is -3.16. The second kappa shape index (κ2) is 7.10. The van der Waals surface area contributed by atoms with Crippen molar-refractivity contribution in [3.8, 4) is 11.3 Å². The lowest BCUT2D eigenvalue weighted by molar-refractivity contribution is 0.601. The number of H-pyrrole nitrogens is 1. The first-order valence-corrected chi connectivity index (χ1v) is 10.2. The van der Waals surface area contributed by atoms with E-state index in [4.69, 9.17) is 11.6 Å². The van der Waals surface area contributed by atoms with Crippen LogP contribution in [0.1, 0.15) is 0 Å². The first-order valence-electron chi connectivity index (χ1n) is 8.31. The minimum absolute atomic E-state index is 0.0233. The number of nitrogens with zero attached hydrogens (tertiary/aromatic N) is 1. The Balaban J connectivity index is 1.82. The average molecular weight is 412 g/mol. The third kappa shape index (κ3) is 3.49. The van der Waals surface area contributed by atoms with Crippen LogP contribution in [0.3, 0.4) is 0 Å². The molecule has 140 valence electrons. The Morgan fingerprint density at radius 1 is 0.929 bits per heavy atom. The van der Waals surface area contributed by atoms with Gasteiger partial charge in [-0.05, 0) is 36.4 Å². The number of halogens is 1. The van der Waals surface area contributed by atoms with Crippen LogP contribution >= 0.6 is 11.6 Å². The van der Waals surface area contributed by atoms with Crippen molar-refractivity contribution in [2.24, 2.45) is 0 Å². The molecule has 0 unspecified atom stereocenters. The number of anilines is 1. The highest BCUT2D eigenvalue weighted by atomic mass is 35.5. The van der Waals surface area contributed by atoms with Gasteiger partial charge in [0.1, 0.15) is 5.69 Å². The summed E-state index contributed by atoms with van der Waals surface area (Å²) in [6, 6.07) is 19.7. The van der Waals surface area contributed by atoms with Gasteiger partial charge in [0.05, 0.1) is 21.6 Å². The van der Waals surface area contributed by atoms with Crippen molar-refractivity contribution in [2.45, 2.75) is 4.90 Å². The van der Waals surface area contributed by atoms with E-state index in [0.29, 0.717) is 21.6 Å². The van der Waals surface area contributed by atoms with Gasteiger partial charge in [-0.15, -0.1) is 0 Å².